The fourth-order valence-corrected chi connectivity index (χ4v) is 5.80. The van der Waals surface area contributed by atoms with Gasteiger partial charge in [0.2, 0.25) is 10.0 Å². The Morgan fingerprint density at radius 1 is 0.943 bits per heavy atom. The van der Waals surface area contributed by atoms with Gasteiger partial charge in [0.25, 0.3) is 0 Å². The molecule has 2 heterocycles. The standard InChI is InChI=1S/C26H26FN3O4S/c1-18-4-11-23-25(16-18)34-24-17-20(33-2)7-10-22(24)26(28-23)29-12-3-13-30(15-14-29)35(31,32)21-8-5-19(27)6-9-21/h4-11,16-17H,3,12-15H2,1-2H3. The van der Waals surface area contributed by atoms with E-state index in [1.54, 1.807) is 7.11 Å². The van der Waals surface area contributed by atoms with Crippen LogP contribution in [-0.2, 0) is 10.0 Å². The van der Waals surface area contributed by atoms with E-state index < -0.39 is 15.8 Å². The molecule has 35 heavy (non-hydrogen) atoms. The number of fused-ring (bicyclic) bond motifs is 2. The maximum absolute atomic E-state index is 13.3. The molecule has 3 aromatic rings. The monoisotopic (exact) mass is 495 g/mol. The zero-order valence-electron chi connectivity index (χ0n) is 19.6. The maximum atomic E-state index is 13.3. The summed E-state index contributed by atoms with van der Waals surface area (Å²) in [6.07, 6.45) is 0.618. The number of hydrogen-bond acceptors (Lipinski definition) is 6. The lowest BCUT2D eigenvalue weighted by Crippen LogP contribution is -2.37. The topological polar surface area (TPSA) is 71.4 Å². The van der Waals surface area contributed by atoms with Crippen LogP contribution in [0.25, 0.3) is 0 Å². The summed E-state index contributed by atoms with van der Waals surface area (Å²) in [4.78, 5) is 7.16. The number of hydrogen-bond donors (Lipinski definition) is 0. The molecular formula is C26H26FN3O4S. The molecule has 1 fully saturated rings. The van der Waals surface area contributed by atoms with Gasteiger partial charge in [-0.1, -0.05) is 6.07 Å². The van der Waals surface area contributed by atoms with Gasteiger partial charge in [0.1, 0.15) is 28.8 Å². The molecule has 0 N–H and O–H groups in total. The Morgan fingerprint density at radius 3 is 2.51 bits per heavy atom. The smallest absolute Gasteiger partial charge is 0.243 e. The van der Waals surface area contributed by atoms with Gasteiger partial charge in [-0.05, 0) is 67.4 Å². The summed E-state index contributed by atoms with van der Waals surface area (Å²) in [5, 5.41) is 0. The molecule has 0 amide bonds. The van der Waals surface area contributed by atoms with Crippen LogP contribution in [0.15, 0.2) is 70.6 Å². The van der Waals surface area contributed by atoms with E-state index in [1.807, 2.05) is 43.3 Å². The van der Waals surface area contributed by atoms with Gasteiger partial charge in [0.15, 0.2) is 5.75 Å². The second-order valence-corrected chi connectivity index (χ2v) is 10.5. The second-order valence-electron chi connectivity index (χ2n) is 8.57. The summed E-state index contributed by atoms with van der Waals surface area (Å²) < 4.78 is 52.8. The molecule has 0 aliphatic carbocycles. The van der Waals surface area contributed by atoms with Crippen LogP contribution in [0.3, 0.4) is 0 Å². The molecule has 0 saturated carbocycles. The third-order valence-electron chi connectivity index (χ3n) is 6.20. The molecule has 2 aliphatic heterocycles. The van der Waals surface area contributed by atoms with Gasteiger partial charge in [0.05, 0.1) is 17.6 Å². The fraction of sp³-hybridized carbons (Fsp3) is 0.269. The molecule has 0 atom stereocenters. The predicted octanol–water partition coefficient (Wildman–Crippen LogP) is 4.72. The maximum Gasteiger partial charge on any atom is 0.243 e. The second kappa shape index (κ2) is 9.31. The molecule has 5 rings (SSSR count). The van der Waals surface area contributed by atoms with Crippen LogP contribution in [0.4, 0.5) is 10.1 Å². The van der Waals surface area contributed by atoms with Gasteiger partial charge in [-0.2, -0.15) is 4.31 Å². The normalized spacial score (nSPS) is 16.3. The zero-order valence-corrected chi connectivity index (χ0v) is 20.4. The zero-order chi connectivity index (χ0) is 24.6. The number of aryl methyl sites for hydroxylation is 1. The van der Waals surface area contributed by atoms with E-state index in [4.69, 9.17) is 14.5 Å². The molecule has 2 aliphatic rings. The van der Waals surface area contributed by atoms with Crippen LogP contribution in [0.1, 0.15) is 17.5 Å². The average molecular weight is 496 g/mol. The van der Waals surface area contributed by atoms with Crippen molar-refractivity contribution in [1.29, 1.82) is 0 Å². The molecule has 3 aromatic carbocycles. The summed E-state index contributed by atoms with van der Waals surface area (Å²) in [5.74, 6) is 2.22. The van der Waals surface area contributed by atoms with Gasteiger partial charge in [-0.15, -0.1) is 0 Å². The Kier molecular flexibility index (Phi) is 6.21. The molecule has 182 valence electrons. The van der Waals surface area contributed by atoms with Crippen LogP contribution in [0.2, 0.25) is 0 Å². The Bertz CT molecular complexity index is 1390. The largest absolute Gasteiger partial charge is 0.497 e. The van der Waals surface area contributed by atoms with Crippen molar-refractivity contribution < 1.29 is 22.3 Å². The van der Waals surface area contributed by atoms with E-state index >= 15 is 0 Å². The Hall–Kier alpha value is -3.43. The van der Waals surface area contributed by atoms with Gasteiger partial charge in [-0.25, -0.2) is 17.8 Å². The first-order valence-electron chi connectivity index (χ1n) is 11.4. The lowest BCUT2D eigenvalue weighted by atomic mass is 10.1. The van der Waals surface area contributed by atoms with Crippen molar-refractivity contribution in [2.24, 2.45) is 4.99 Å². The van der Waals surface area contributed by atoms with Crippen molar-refractivity contribution in [2.75, 3.05) is 33.3 Å². The Morgan fingerprint density at radius 2 is 1.74 bits per heavy atom. The number of methoxy groups -OCH3 is 1. The third-order valence-corrected chi connectivity index (χ3v) is 8.11. The number of benzene rings is 3. The van der Waals surface area contributed by atoms with E-state index in [1.165, 1.54) is 28.6 Å². The van der Waals surface area contributed by atoms with Crippen LogP contribution >= 0.6 is 0 Å². The molecule has 1 saturated heterocycles. The first kappa shape index (κ1) is 23.3. The van der Waals surface area contributed by atoms with Crippen molar-refractivity contribution in [3.8, 4) is 17.2 Å². The molecule has 7 nitrogen and oxygen atoms in total. The highest BCUT2D eigenvalue weighted by atomic mass is 32.2. The molecular weight excluding hydrogens is 469 g/mol. The first-order valence-corrected chi connectivity index (χ1v) is 12.9. The van der Waals surface area contributed by atoms with Crippen LogP contribution in [0.5, 0.6) is 17.2 Å². The molecule has 0 spiro atoms. The van der Waals surface area contributed by atoms with Gasteiger partial charge < -0.3 is 14.4 Å². The van der Waals surface area contributed by atoms with E-state index in [2.05, 4.69) is 4.90 Å². The lowest BCUT2D eigenvalue weighted by Gasteiger charge is -2.25. The summed E-state index contributed by atoms with van der Waals surface area (Å²) in [5.41, 5.74) is 2.58. The number of ether oxygens (including phenoxy) is 2. The average Bonchev–Trinajstić information content (AvgIpc) is 3.19. The predicted molar refractivity (Wildman–Crippen MR) is 132 cm³/mol. The number of aliphatic imine (C=N–C) groups is 1. The first-order chi connectivity index (χ1) is 16.8. The van der Waals surface area contributed by atoms with Crippen LogP contribution in [0, 0.1) is 12.7 Å². The van der Waals surface area contributed by atoms with Crippen LogP contribution in [-0.4, -0.2) is 56.7 Å². The van der Waals surface area contributed by atoms with E-state index in [0.717, 1.165) is 17.0 Å². The van der Waals surface area contributed by atoms with Crippen molar-refractivity contribution in [3.63, 3.8) is 0 Å². The van der Waals surface area contributed by atoms with E-state index in [9.17, 15) is 12.8 Å². The minimum absolute atomic E-state index is 0.0919. The highest BCUT2D eigenvalue weighted by Crippen LogP contribution is 2.40. The van der Waals surface area contributed by atoms with Crippen molar-refractivity contribution >= 4 is 21.5 Å². The SMILES string of the molecule is COc1ccc2c(c1)Oc1cc(C)ccc1N=C2N1CCCN(S(=O)(=O)c2ccc(F)cc2)CC1. The van der Waals surface area contributed by atoms with Crippen molar-refractivity contribution in [2.45, 2.75) is 18.2 Å². The summed E-state index contributed by atoms with van der Waals surface area (Å²) in [7, 11) is -2.12. The van der Waals surface area contributed by atoms with Gasteiger partial charge in [-0.3, -0.25) is 0 Å². The number of amidine groups is 1. The van der Waals surface area contributed by atoms with Gasteiger partial charge >= 0.3 is 0 Å². The number of halogens is 1. The van der Waals surface area contributed by atoms with Crippen molar-refractivity contribution in [1.82, 2.24) is 9.21 Å². The lowest BCUT2D eigenvalue weighted by molar-refractivity contribution is 0.404. The minimum atomic E-state index is -3.73. The fourth-order valence-electron chi connectivity index (χ4n) is 4.33. The molecule has 0 unspecified atom stereocenters. The van der Waals surface area contributed by atoms with E-state index in [0.29, 0.717) is 49.0 Å². The van der Waals surface area contributed by atoms with Gasteiger partial charge in [0, 0.05) is 32.2 Å². The highest BCUT2D eigenvalue weighted by Gasteiger charge is 2.30. The van der Waals surface area contributed by atoms with E-state index in [-0.39, 0.29) is 11.4 Å². The molecule has 0 aromatic heterocycles. The molecule has 0 bridgehead atoms. The minimum Gasteiger partial charge on any atom is -0.497 e. The molecule has 0 radical (unpaired) electrons. The Balaban J connectivity index is 1.48. The summed E-state index contributed by atoms with van der Waals surface area (Å²) >= 11 is 0. The quantitative estimate of drug-likeness (QED) is 0.526. The number of sulfonamides is 1. The number of nitrogens with zero attached hydrogens (tertiary/aromatic N) is 3. The van der Waals surface area contributed by atoms with Crippen LogP contribution < -0.4 is 9.47 Å². The molecule has 9 heteroatoms. The third kappa shape index (κ3) is 4.61. The number of rotatable bonds is 3. The summed E-state index contributed by atoms with van der Waals surface area (Å²) in [6.45, 7) is 3.72. The Labute approximate surface area is 204 Å². The summed E-state index contributed by atoms with van der Waals surface area (Å²) in [6, 6.07) is 16.4. The highest BCUT2D eigenvalue weighted by molar-refractivity contribution is 7.89. The van der Waals surface area contributed by atoms with Crippen molar-refractivity contribution in [3.05, 3.63) is 77.6 Å².